The smallest absolute Gasteiger partial charge is 0.0468 e. The molecule has 0 atom stereocenters. The molecule has 0 aliphatic heterocycles. The second-order valence-electron chi connectivity index (χ2n) is 12.9. The quantitative estimate of drug-likeness (QED) is 0.179. The minimum absolute atomic E-state index is 1.12. The van der Waals surface area contributed by atoms with Crippen LogP contribution in [0, 0.1) is 0 Å². The van der Waals surface area contributed by atoms with Crippen molar-refractivity contribution in [2.24, 2.45) is 0 Å². The maximum Gasteiger partial charge on any atom is 0.0468 e. The Hall–Kier alpha value is -6.22. The molecule has 0 spiro atoms. The highest BCUT2D eigenvalue weighted by atomic mass is 32.1. The molecule has 9 aromatic carbocycles. The van der Waals surface area contributed by atoms with Gasteiger partial charge in [-0.05, 0) is 103 Å². The first-order valence-corrected chi connectivity index (χ1v) is 17.9. The Morgan fingerprint density at radius 1 is 0.340 bits per heavy atom. The number of nitrogens with zero attached hydrogens (tertiary/aromatic N) is 1. The third-order valence-electron chi connectivity index (χ3n) is 10.0. The molecule has 0 aliphatic rings. The molecule has 0 unspecified atom stereocenters. The van der Waals surface area contributed by atoms with Gasteiger partial charge in [-0.15, -0.1) is 11.3 Å². The van der Waals surface area contributed by atoms with Gasteiger partial charge in [0.25, 0.3) is 0 Å². The Bertz CT molecular complexity index is 2850. The first kappa shape index (κ1) is 28.8. The fourth-order valence-corrected chi connectivity index (χ4v) is 8.86. The fraction of sp³-hybridized carbons (Fsp3) is 0. The predicted molar refractivity (Wildman–Crippen MR) is 217 cm³/mol. The Morgan fingerprint density at radius 3 is 1.84 bits per heavy atom. The summed E-state index contributed by atoms with van der Waals surface area (Å²) >= 11 is 1.90. The molecule has 1 nitrogen and oxygen atoms in total. The van der Waals surface area contributed by atoms with E-state index in [9.17, 15) is 0 Å². The van der Waals surface area contributed by atoms with Crippen molar-refractivity contribution >= 4 is 80.9 Å². The Kier molecular flexibility index (Phi) is 6.75. The first-order chi connectivity index (χ1) is 24.8. The maximum atomic E-state index is 2.35. The maximum absolute atomic E-state index is 2.35. The van der Waals surface area contributed by atoms with Crippen molar-refractivity contribution in [3.63, 3.8) is 0 Å². The van der Waals surface area contributed by atoms with Gasteiger partial charge in [0.05, 0.1) is 0 Å². The van der Waals surface area contributed by atoms with Gasteiger partial charge in [-0.3, -0.25) is 0 Å². The summed E-state index contributed by atoms with van der Waals surface area (Å²) in [4.78, 5) is 2.35. The lowest BCUT2D eigenvalue weighted by Crippen LogP contribution is -2.09. The van der Waals surface area contributed by atoms with Crippen molar-refractivity contribution < 1.29 is 0 Å². The number of benzene rings is 9. The standard InChI is InChI=1S/C48H31NS/c1-3-10-32(11-4-1)35-18-19-37-31-40(26-22-36(37)30-35)49(38-13-5-2-6-14-38)39-24-20-34(21-25-39)41-16-9-17-44-43(41)28-29-46-47(44)45-27-23-33-12-7-8-15-42(33)48(45)50-46/h1-31H. The molecular weight excluding hydrogens is 623 g/mol. The van der Waals surface area contributed by atoms with Gasteiger partial charge in [-0.2, -0.15) is 0 Å². The molecule has 0 aliphatic carbocycles. The van der Waals surface area contributed by atoms with E-state index in [0.29, 0.717) is 0 Å². The largest absolute Gasteiger partial charge is 0.310 e. The lowest BCUT2D eigenvalue weighted by Gasteiger charge is -2.26. The van der Waals surface area contributed by atoms with E-state index in [1.165, 1.54) is 74.7 Å². The monoisotopic (exact) mass is 653 g/mol. The summed E-state index contributed by atoms with van der Waals surface area (Å²) in [5.74, 6) is 0. The van der Waals surface area contributed by atoms with Gasteiger partial charge >= 0.3 is 0 Å². The average Bonchev–Trinajstić information content (AvgIpc) is 3.59. The lowest BCUT2D eigenvalue weighted by atomic mass is 9.95. The van der Waals surface area contributed by atoms with Crippen molar-refractivity contribution in [3.05, 3.63) is 188 Å². The second kappa shape index (κ2) is 11.7. The molecule has 1 aromatic heterocycles. The normalized spacial score (nSPS) is 11.6. The van der Waals surface area contributed by atoms with Crippen molar-refractivity contribution in [3.8, 4) is 22.3 Å². The zero-order chi connectivity index (χ0) is 33.0. The summed E-state index contributed by atoms with van der Waals surface area (Å²) in [7, 11) is 0. The van der Waals surface area contributed by atoms with Gasteiger partial charge in [0.2, 0.25) is 0 Å². The zero-order valence-corrected chi connectivity index (χ0v) is 28.1. The van der Waals surface area contributed by atoms with Crippen LogP contribution in [0.1, 0.15) is 0 Å². The third kappa shape index (κ3) is 4.76. The van der Waals surface area contributed by atoms with Crippen LogP contribution in [0.5, 0.6) is 0 Å². The van der Waals surface area contributed by atoms with Crippen LogP contribution < -0.4 is 4.90 Å². The van der Waals surface area contributed by atoms with Crippen molar-refractivity contribution in [2.75, 3.05) is 4.90 Å². The highest BCUT2D eigenvalue weighted by molar-refractivity contribution is 7.26. The molecule has 10 rings (SSSR count). The van der Waals surface area contributed by atoms with Gasteiger partial charge in [0, 0.05) is 37.2 Å². The van der Waals surface area contributed by atoms with E-state index >= 15 is 0 Å². The number of thiophene rings is 1. The predicted octanol–water partition coefficient (Wildman–Crippen LogP) is 14.3. The molecule has 0 N–H and O–H groups in total. The van der Waals surface area contributed by atoms with Crippen LogP contribution in [0.4, 0.5) is 17.1 Å². The van der Waals surface area contributed by atoms with Crippen molar-refractivity contribution in [1.82, 2.24) is 0 Å². The molecule has 0 fully saturated rings. The van der Waals surface area contributed by atoms with E-state index in [-0.39, 0.29) is 0 Å². The van der Waals surface area contributed by atoms with Gasteiger partial charge < -0.3 is 4.90 Å². The number of fused-ring (bicyclic) bond motifs is 8. The van der Waals surface area contributed by atoms with Crippen LogP contribution in [-0.2, 0) is 0 Å². The number of hydrogen-bond donors (Lipinski definition) is 0. The Balaban J connectivity index is 1.06. The summed E-state index contributed by atoms with van der Waals surface area (Å²) in [6.45, 7) is 0. The number of anilines is 3. The molecule has 0 bridgehead atoms. The van der Waals surface area contributed by atoms with E-state index in [1.807, 2.05) is 11.3 Å². The molecular formula is C48H31NS. The summed E-state index contributed by atoms with van der Waals surface area (Å²) in [6, 6.07) is 68.5. The molecule has 0 radical (unpaired) electrons. The molecule has 0 saturated heterocycles. The number of rotatable bonds is 5. The highest BCUT2D eigenvalue weighted by Crippen LogP contribution is 2.44. The summed E-state index contributed by atoms with van der Waals surface area (Å²) in [5.41, 5.74) is 8.32. The average molecular weight is 654 g/mol. The van der Waals surface area contributed by atoms with E-state index in [1.54, 1.807) is 0 Å². The van der Waals surface area contributed by atoms with Crippen LogP contribution in [0.2, 0.25) is 0 Å². The molecule has 0 saturated carbocycles. The SMILES string of the molecule is c1ccc(-c2ccc3cc(N(c4ccccc4)c4ccc(-c5cccc6c5ccc5sc7c8ccccc8ccc7c56)cc4)ccc3c2)cc1. The third-order valence-corrected chi connectivity index (χ3v) is 11.2. The van der Waals surface area contributed by atoms with E-state index in [4.69, 9.17) is 0 Å². The topological polar surface area (TPSA) is 3.24 Å². The zero-order valence-electron chi connectivity index (χ0n) is 27.3. The Labute approximate surface area is 294 Å². The van der Waals surface area contributed by atoms with Crippen LogP contribution >= 0.6 is 11.3 Å². The van der Waals surface area contributed by atoms with Gasteiger partial charge in [0.15, 0.2) is 0 Å². The molecule has 1 heterocycles. The molecule has 10 aromatic rings. The van der Waals surface area contributed by atoms with Crippen LogP contribution in [0.25, 0.3) is 74.7 Å². The van der Waals surface area contributed by atoms with Crippen LogP contribution in [0.15, 0.2) is 188 Å². The fourth-order valence-electron chi connectivity index (χ4n) is 7.61. The van der Waals surface area contributed by atoms with Gasteiger partial charge in [-0.25, -0.2) is 0 Å². The van der Waals surface area contributed by atoms with Crippen molar-refractivity contribution in [1.29, 1.82) is 0 Å². The Morgan fingerprint density at radius 2 is 0.980 bits per heavy atom. The first-order valence-electron chi connectivity index (χ1n) is 17.1. The summed E-state index contributed by atoms with van der Waals surface area (Å²) in [5, 5.41) is 10.4. The minimum Gasteiger partial charge on any atom is -0.310 e. The van der Waals surface area contributed by atoms with E-state index < -0.39 is 0 Å². The van der Waals surface area contributed by atoms with Crippen LogP contribution in [0.3, 0.4) is 0 Å². The van der Waals surface area contributed by atoms with E-state index in [0.717, 1.165) is 17.1 Å². The lowest BCUT2D eigenvalue weighted by molar-refractivity contribution is 1.29. The number of hydrogen-bond acceptors (Lipinski definition) is 2. The summed E-state index contributed by atoms with van der Waals surface area (Å²) < 4.78 is 2.70. The van der Waals surface area contributed by atoms with Crippen molar-refractivity contribution in [2.45, 2.75) is 0 Å². The molecule has 0 amide bonds. The van der Waals surface area contributed by atoms with Gasteiger partial charge in [0.1, 0.15) is 0 Å². The second-order valence-corrected chi connectivity index (χ2v) is 14.0. The molecule has 234 valence electrons. The van der Waals surface area contributed by atoms with Crippen LogP contribution in [-0.4, -0.2) is 0 Å². The molecule has 2 heteroatoms. The van der Waals surface area contributed by atoms with E-state index in [2.05, 4.69) is 193 Å². The minimum atomic E-state index is 1.12. The highest BCUT2D eigenvalue weighted by Gasteiger charge is 2.16. The summed E-state index contributed by atoms with van der Waals surface area (Å²) in [6.07, 6.45) is 0. The molecule has 50 heavy (non-hydrogen) atoms. The number of para-hydroxylation sites is 1. The van der Waals surface area contributed by atoms with Gasteiger partial charge in [-0.1, -0.05) is 140 Å².